The maximum Gasteiger partial charge on any atom is 0.160 e. The van der Waals surface area contributed by atoms with Gasteiger partial charge in [-0.2, -0.15) is 0 Å². The van der Waals surface area contributed by atoms with E-state index in [-0.39, 0.29) is 0 Å². The summed E-state index contributed by atoms with van der Waals surface area (Å²) in [5.41, 5.74) is 29.4. The Hall–Kier alpha value is -12.9. The predicted molar refractivity (Wildman–Crippen MR) is 417 cm³/mol. The van der Waals surface area contributed by atoms with Gasteiger partial charge in [0.15, 0.2) is 11.6 Å². The summed E-state index contributed by atoms with van der Waals surface area (Å²) in [5, 5.41) is 7.05. The smallest absolute Gasteiger partial charge is 0.160 e. The van der Waals surface area contributed by atoms with Crippen molar-refractivity contribution in [2.24, 2.45) is 0 Å². The van der Waals surface area contributed by atoms with E-state index in [1.807, 2.05) is 12.1 Å². The molecule has 6 nitrogen and oxygen atoms in total. The van der Waals surface area contributed by atoms with Gasteiger partial charge in [0.2, 0.25) is 0 Å². The fraction of sp³-hybridized carbons (Fsp3) is 0.0426. The van der Waals surface area contributed by atoms with Gasteiger partial charge in [-0.15, -0.1) is 0 Å². The van der Waals surface area contributed by atoms with Crippen molar-refractivity contribution >= 4 is 54.4 Å². The molecule has 472 valence electrons. The Morgan fingerprint density at radius 3 is 0.790 bits per heavy atom. The highest BCUT2D eigenvalue weighted by Gasteiger charge is 2.26. The molecule has 6 heteroatoms. The first kappa shape index (κ1) is 59.6. The van der Waals surface area contributed by atoms with Crippen LogP contribution in [0.4, 0.5) is 0 Å². The van der Waals surface area contributed by atoms with Gasteiger partial charge in [-0.1, -0.05) is 253 Å². The summed E-state index contributed by atoms with van der Waals surface area (Å²) in [6.45, 7) is 8.76. The molecule has 0 unspecified atom stereocenters. The zero-order valence-corrected chi connectivity index (χ0v) is 55.9. The molecule has 0 aliphatic carbocycles. The molecular weight excluding hydrogens is 1210 g/mol. The zero-order valence-electron chi connectivity index (χ0n) is 55.9. The summed E-state index contributed by atoms with van der Waals surface area (Å²) in [4.78, 5) is 21.6. The normalized spacial score (nSPS) is 11.6. The molecule has 0 N–H and O–H groups in total. The SMILES string of the molecule is Cc1ccc2c(c1)c1cc(C)ccc1n2-c1ccccc1-c1cc2cc(-c3ccccc3-c3cc(-c4ccccc4)nc(-c4ccccc4)n3)c(-c3ccccc3-n3c4ccc(C)cc4c4cc(C)ccc43)cc2cc1-c1ccccc1-c1cc(-c2ccccc2)nc(-c2ccccc2)n1. The summed E-state index contributed by atoms with van der Waals surface area (Å²) in [6, 6.07) is 119. The van der Waals surface area contributed by atoms with Crippen LogP contribution in [0.1, 0.15) is 22.3 Å². The van der Waals surface area contributed by atoms with E-state index >= 15 is 0 Å². The molecular formula is C94H66N6. The molecule has 0 amide bonds. The van der Waals surface area contributed by atoms with Gasteiger partial charge >= 0.3 is 0 Å². The van der Waals surface area contributed by atoms with Crippen LogP contribution in [0.3, 0.4) is 0 Å². The van der Waals surface area contributed by atoms with E-state index in [9.17, 15) is 0 Å². The molecule has 4 heterocycles. The Balaban J connectivity index is 0.953. The van der Waals surface area contributed by atoms with E-state index in [4.69, 9.17) is 19.9 Å². The topological polar surface area (TPSA) is 61.4 Å². The van der Waals surface area contributed by atoms with Gasteiger partial charge in [-0.25, -0.2) is 19.9 Å². The van der Waals surface area contributed by atoms with E-state index in [0.29, 0.717) is 11.6 Å². The zero-order chi connectivity index (χ0) is 67.0. The highest BCUT2D eigenvalue weighted by Crippen LogP contribution is 2.49. The first-order valence-electron chi connectivity index (χ1n) is 34.2. The maximum absolute atomic E-state index is 5.53. The second kappa shape index (κ2) is 24.6. The molecule has 0 saturated heterocycles. The fourth-order valence-corrected chi connectivity index (χ4v) is 15.1. The minimum absolute atomic E-state index is 0.659. The Bertz CT molecular complexity index is 5630. The minimum atomic E-state index is 0.659. The first-order chi connectivity index (χ1) is 49.2. The molecule has 4 aromatic heterocycles. The summed E-state index contributed by atoms with van der Waals surface area (Å²) in [5.74, 6) is 1.32. The predicted octanol–water partition coefficient (Wildman–Crippen LogP) is 24.5. The van der Waals surface area contributed by atoms with Crippen molar-refractivity contribution in [3.8, 4) is 124 Å². The van der Waals surface area contributed by atoms with Crippen molar-refractivity contribution in [3.05, 3.63) is 350 Å². The molecule has 0 saturated carbocycles. The van der Waals surface area contributed by atoms with Gasteiger partial charge in [-0.3, -0.25) is 0 Å². The molecule has 0 bridgehead atoms. The second-order valence-electron chi connectivity index (χ2n) is 26.4. The number of fused-ring (bicyclic) bond motifs is 7. The number of hydrogen-bond donors (Lipinski definition) is 0. The lowest BCUT2D eigenvalue weighted by atomic mass is 9.84. The lowest BCUT2D eigenvalue weighted by Crippen LogP contribution is -2.01. The summed E-state index contributed by atoms with van der Waals surface area (Å²) in [6.07, 6.45) is 0. The number of aryl methyl sites for hydroxylation is 4. The largest absolute Gasteiger partial charge is 0.309 e. The maximum atomic E-state index is 5.53. The van der Waals surface area contributed by atoms with E-state index in [2.05, 4.69) is 352 Å². The van der Waals surface area contributed by atoms with E-state index in [1.165, 1.54) is 43.8 Å². The van der Waals surface area contributed by atoms with Crippen molar-refractivity contribution in [1.29, 1.82) is 0 Å². The lowest BCUT2D eigenvalue weighted by molar-refractivity contribution is 1.18. The molecule has 0 aliphatic rings. The number of hydrogen-bond acceptors (Lipinski definition) is 4. The third-order valence-corrected chi connectivity index (χ3v) is 19.8. The number of para-hydroxylation sites is 2. The lowest BCUT2D eigenvalue weighted by Gasteiger charge is -2.22. The third-order valence-electron chi connectivity index (χ3n) is 19.8. The molecule has 0 spiro atoms. The highest BCUT2D eigenvalue weighted by molar-refractivity contribution is 6.13. The molecule has 14 aromatic carbocycles. The first-order valence-corrected chi connectivity index (χ1v) is 34.2. The molecule has 100 heavy (non-hydrogen) atoms. The Morgan fingerprint density at radius 1 is 0.200 bits per heavy atom. The molecule has 0 fully saturated rings. The van der Waals surface area contributed by atoms with Crippen LogP contribution in [-0.2, 0) is 0 Å². The van der Waals surface area contributed by atoms with Gasteiger partial charge < -0.3 is 9.13 Å². The van der Waals surface area contributed by atoms with Gasteiger partial charge in [0.05, 0.1) is 56.2 Å². The Kier molecular flexibility index (Phi) is 14.7. The Morgan fingerprint density at radius 2 is 0.460 bits per heavy atom. The van der Waals surface area contributed by atoms with E-state index in [1.54, 1.807) is 0 Å². The van der Waals surface area contributed by atoms with Crippen LogP contribution < -0.4 is 0 Å². The van der Waals surface area contributed by atoms with Gasteiger partial charge in [0.25, 0.3) is 0 Å². The van der Waals surface area contributed by atoms with E-state index < -0.39 is 0 Å². The molecule has 0 aliphatic heterocycles. The fourth-order valence-electron chi connectivity index (χ4n) is 15.1. The van der Waals surface area contributed by atoms with Crippen LogP contribution in [0.15, 0.2) is 328 Å². The van der Waals surface area contributed by atoms with Crippen molar-refractivity contribution < 1.29 is 0 Å². The number of benzene rings is 14. The number of aromatic nitrogens is 6. The van der Waals surface area contributed by atoms with Crippen molar-refractivity contribution in [1.82, 2.24) is 29.1 Å². The van der Waals surface area contributed by atoms with Gasteiger partial charge in [-0.05, 0) is 169 Å². The van der Waals surface area contributed by atoms with Crippen LogP contribution >= 0.6 is 0 Å². The molecule has 0 radical (unpaired) electrons. The standard InChI is InChI=1S/C94H66N6/c1-59-41-45-89-79(49-59)80-50-60(2)42-46-90(80)99(89)87-39-23-21-37-73(87)77-55-67-54-76(70-34-18-20-36-72(70)86-58-84(64-27-11-6-12-28-64)96-94(98-86)66-31-15-8-16-32-66)78(74-38-22-24-40-88(74)100-91-47-43-61(3)51-81(91)82-52-62(4)44-48-92(82)100)56-68(67)53-75(77)69-33-17-19-35-71(69)85-57-83(63-25-9-5-10-26-63)95-93(97-85)65-29-13-7-14-30-65/h5-58H,1-4H3. The third kappa shape index (κ3) is 10.5. The quantitative estimate of drug-likeness (QED) is 0.122. The van der Waals surface area contributed by atoms with Crippen molar-refractivity contribution in [2.45, 2.75) is 27.7 Å². The van der Waals surface area contributed by atoms with Crippen LogP contribution in [0.25, 0.3) is 178 Å². The average Bonchev–Trinajstić information content (AvgIpc) is 0.881. The molecule has 0 atom stereocenters. The van der Waals surface area contributed by atoms with Gasteiger partial charge in [0.1, 0.15) is 0 Å². The minimum Gasteiger partial charge on any atom is -0.309 e. The highest BCUT2D eigenvalue weighted by atomic mass is 15.0. The van der Waals surface area contributed by atoms with Crippen LogP contribution in [0.2, 0.25) is 0 Å². The summed E-state index contributed by atoms with van der Waals surface area (Å²) in [7, 11) is 0. The molecule has 18 rings (SSSR count). The molecule has 18 aromatic rings. The van der Waals surface area contributed by atoms with E-state index in [0.717, 1.165) is 145 Å². The van der Waals surface area contributed by atoms with Crippen LogP contribution in [0.5, 0.6) is 0 Å². The van der Waals surface area contributed by atoms with Crippen molar-refractivity contribution in [3.63, 3.8) is 0 Å². The monoisotopic (exact) mass is 1280 g/mol. The Labute approximate surface area is 581 Å². The number of nitrogens with zero attached hydrogens (tertiary/aromatic N) is 6. The average molecular weight is 1280 g/mol. The van der Waals surface area contributed by atoms with Crippen molar-refractivity contribution in [2.75, 3.05) is 0 Å². The van der Waals surface area contributed by atoms with Crippen LogP contribution in [-0.4, -0.2) is 29.1 Å². The number of rotatable bonds is 12. The van der Waals surface area contributed by atoms with Gasteiger partial charge in [0, 0.05) is 66.1 Å². The second-order valence-corrected chi connectivity index (χ2v) is 26.4. The summed E-state index contributed by atoms with van der Waals surface area (Å²) >= 11 is 0. The summed E-state index contributed by atoms with van der Waals surface area (Å²) < 4.78 is 4.96. The van der Waals surface area contributed by atoms with Crippen LogP contribution in [0, 0.1) is 27.7 Å².